The second-order valence-electron chi connectivity index (χ2n) is 5.85. The number of carbonyl (C=O) groups excluding carboxylic acids is 1. The Hall–Kier alpha value is -1.45. The van der Waals surface area contributed by atoms with Crippen LogP contribution in [0.25, 0.3) is 0 Å². The second-order valence-corrected chi connectivity index (χ2v) is 5.85. The molecule has 0 bridgehead atoms. The summed E-state index contributed by atoms with van der Waals surface area (Å²) in [6.07, 6.45) is 1.88. The van der Waals surface area contributed by atoms with Gasteiger partial charge in [0.25, 0.3) is 0 Å². The lowest BCUT2D eigenvalue weighted by atomic mass is 10.1. The number of hydrogen-bond acceptors (Lipinski definition) is 2. The molecule has 2 rings (SSSR count). The number of halogens is 3. The van der Waals surface area contributed by atoms with Crippen molar-refractivity contribution >= 4 is 35.8 Å². The second kappa shape index (κ2) is 10.5. The predicted octanol–water partition coefficient (Wildman–Crippen LogP) is 2.30. The Morgan fingerprint density at radius 1 is 1.32 bits per heavy atom. The van der Waals surface area contributed by atoms with Gasteiger partial charge in [0, 0.05) is 45.2 Å². The number of aliphatic imine (C=N–C) groups is 1. The third-order valence-electron chi connectivity index (χ3n) is 4.04. The lowest BCUT2D eigenvalue weighted by Crippen LogP contribution is -2.45. The Morgan fingerprint density at radius 3 is 2.60 bits per heavy atom. The van der Waals surface area contributed by atoms with Crippen LogP contribution < -0.4 is 10.6 Å². The van der Waals surface area contributed by atoms with Crippen LogP contribution in [0.4, 0.5) is 8.78 Å². The van der Waals surface area contributed by atoms with Crippen molar-refractivity contribution in [2.45, 2.75) is 32.2 Å². The third kappa shape index (κ3) is 6.75. The number of nitrogens with one attached hydrogen (secondary N) is 2. The quantitative estimate of drug-likeness (QED) is 0.398. The molecule has 1 aliphatic rings. The fraction of sp³-hybridized carbons (Fsp3) is 0.529. The van der Waals surface area contributed by atoms with Crippen molar-refractivity contribution < 1.29 is 13.6 Å². The van der Waals surface area contributed by atoms with Crippen LogP contribution in [0.15, 0.2) is 23.2 Å². The molecule has 1 unspecified atom stereocenters. The van der Waals surface area contributed by atoms with E-state index in [1.165, 1.54) is 12.1 Å². The highest BCUT2D eigenvalue weighted by Crippen LogP contribution is 2.10. The van der Waals surface area contributed by atoms with Gasteiger partial charge in [0.2, 0.25) is 5.91 Å². The summed E-state index contributed by atoms with van der Waals surface area (Å²) in [6.45, 7) is 3.79. The molecule has 0 aliphatic carbocycles. The smallest absolute Gasteiger partial charge is 0.222 e. The molecule has 0 saturated carbocycles. The Balaban J connectivity index is 0.00000312. The lowest BCUT2D eigenvalue weighted by Gasteiger charge is -2.18. The first kappa shape index (κ1) is 21.6. The molecule has 5 nitrogen and oxygen atoms in total. The molecule has 1 amide bonds. The van der Waals surface area contributed by atoms with Gasteiger partial charge in [-0.1, -0.05) is 6.92 Å². The Labute approximate surface area is 164 Å². The number of guanidine groups is 1. The predicted molar refractivity (Wildman–Crippen MR) is 105 cm³/mol. The minimum absolute atomic E-state index is 0. The summed E-state index contributed by atoms with van der Waals surface area (Å²) in [4.78, 5) is 17.7. The number of hydrogen-bond donors (Lipinski definition) is 2. The van der Waals surface area contributed by atoms with Crippen molar-refractivity contribution in [1.82, 2.24) is 15.5 Å². The van der Waals surface area contributed by atoms with Crippen LogP contribution >= 0.6 is 24.0 Å². The van der Waals surface area contributed by atoms with E-state index in [1.54, 1.807) is 7.05 Å². The van der Waals surface area contributed by atoms with Gasteiger partial charge in [0.1, 0.15) is 11.6 Å². The van der Waals surface area contributed by atoms with E-state index in [0.717, 1.165) is 19.0 Å². The molecule has 25 heavy (non-hydrogen) atoms. The summed E-state index contributed by atoms with van der Waals surface area (Å²) in [5, 5.41) is 6.41. The minimum atomic E-state index is -0.570. The Morgan fingerprint density at radius 2 is 2.00 bits per heavy atom. The molecule has 0 spiro atoms. The fourth-order valence-corrected chi connectivity index (χ4v) is 2.80. The molecule has 1 heterocycles. The average Bonchev–Trinajstić information content (AvgIpc) is 3.00. The standard InChI is InChI=1S/C17H24F2N4O.HI/c1-3-16(24)23-7-5-15(11-23)22-17(20-2)21-6-4-12-8-13(18)10-14(19)9-12;/h8-10,15H,3-7,11H2,1-2H3,(H2,20,21,22);1H. The number of likely N-dealkylation sites (tertiary alicyclic amines) is 1. The van der Waals surface area contributed by atoms with E-state index >= 15 is 0 Å². The number of benzene rings is 1. The van der Waals surface area contributed by atoms with E-state index in [9.17, 15) is 13.6 Å². The van der Waals surface area contributed by atoms with E-state index in [2.05, 4.69) is 15.6 Å². The molecule has 0 radical (unpaired) electrons. The zero-order valence-electron chi connectivity index (χ0n) is 14.5. The van der Waals surface area contributed by atoms with E-state index in [0.29, 0.717) is 37.5 Å². The molecule has 140 valence electrons. The van der Waals surface area contributed by atoms with Crippen LogP contribution in [0.5, 0.6) is 0 Å². The van der Waals surface area contributed by atoms with Crippen LogP contribution in [-0.2, 0) is 11.2 Å². The van der Waals surface area contributed by atoms with Crippen molar-refractivity contribution in [2.75, 3.05) is 26.7 Å². The third-order valence-corrected chi connectivity index (χ3v) is 4.04. The fourth-order valence-electron chi connectivity index (χ4n) is 2.80. The lowest BCUT2D eigenvalue weighted by molar-refractivity contribution is -0.129. The van der Waals surface area contributed by atoms with Crippen LogP contribution in [0.1, 0.15) is 25.3 Å². The molecule has 1 aromatic rings. The maximum Gasteiger partial charge on any atom is 0.222 e. The Bertz CT molecular complexity index is 592. The molecule has 8 heteroatoms. The maximum absolute atomic E-state index is 13.2. The SMILES string of the molecule is CCC(=O)N1CCC(NC(=NC)NCCc2cc(F)cc(F)c2)C1.I. The Kier molecular flexibility index (Phi) is 9.09. The van der Waals surface area contributed by atoms with Crippen molar-refractivity contribution in [2.24, 2.45) is 4.99 Å². The van der Waals surface area contributed by atoms with E-state index in [1.807, 2.05) is 11.8 Å². The summed E-state index contributed by atoms with van der Waals surface area (Å²) < 4.78 is 26.3. The number of amides is 1. The first-order valence-electron chi connectivity index (χ1n) is 8.21. The topological polar surface area (TPSA) is 56.7 Å². The van der Waals surface area contributed by atoms with Crippen LogP contribution in [-0.4, -0.2) is 49.5 Å². The molecule has 0 aromatic heterocycles. The molecule has 1 atom stereocenters. The first-order valence-corrected chi connectivity index (χ1v) is 8.21. The normalized spacial score (nSPS) is 17.2. The molecular weight excluding hydrogens is 441 g/mol. The summed E-state index contributed by atoms with van der Waals surface area (Å²) in [5.41, 5.74) is 0.594. The van der Waals surface area contributed by atoms with Gasteiger partial charge in [-0.25, -0.2) is 8.78 Å². The van der Waals surface area contributed by atoms with Gasteiger partial charge in [0.05, 0.1) is 0 Å². The van der Waals surface area contributed by atoms with Gasteiger partial charge >= 0.3 is 0 Å². The number of rotatable bonds is 5. The van der Waals surface area contributed by atoms with Crippen molar-refractivity contribution in [1.29, 1.82) is 0 Å². The van der Waals surface area contributed by atoms with Crippen molar-refractivity contribution in [3.63, 3.8) is 0 Å². The van der Waals surface area contributed by atoms with Crippen LogP contribution in [0, 0.1) is 11.6 Å². The molecule has 1 saturated heterocycles. The van der Waals surface area contributed by atoms with Crippen molar-refractivity contribution in [3.05, 3.63) is 35.4 Å². The highest BCUT2D eigenvalue weighted by molar-refractivity contribution is 14.0. The van der Waals surface area contributed by atoms with Gasteiger partial charge in [-0.15, -0.1) is 24.0 Å². The number of carbonyl (C=O) groups is 1. The van der Waals surface area contributed by atoms with Gasteiger partial charge in [-0.2, -0.15) is 0 Å². The molecule has 2 N–H and O–H groups in total. The van der Waals surface area contributed by atoms with E-state index < -0.39 is 11.6 Å². The maximum atomic E-state index is 13.2. The first-order chi connectivity index (χ1) is 11.5. The molecule has 1 fully saturated rings. The van der Waals surface area contributed by atoms with Gasteiger partial charge in [-0.3, -0.25) is 9.79 Å². The van der Waals surface area contributed by atoms with Gasteiger partial charge in [0.15, 0.2) is 5.96 Å². The largest absolute Gasteiger partial charge is 0.356 e. The van der Waals surface area contributed by atoms with Gasteiger partial charge < -0.3 is 15.5 Å². The molecule has 1 aromatic carbocycles. The average molecular weight is 466 g/mol. The summed E-state index contributed by atoms with van der Waals surface area (Å²) >= 11 is 0. The van der Waals surface area contributed by atoms with E-state index in [4.69, 9.17) is 0 Å². The zero-order valence-corrected chi connectivity index (χ0v) is 16.8. The van der Waals surface area contributed by atoms with Gasteiger partial charge in [-0.05, 0) is 30.5 Å². The van der Waals surface area contributed by atoms with Crippen LogP contribution in [0.2, 0.25) is 0 Å². The number of nitrogens with zero attached hydrogens (tertiary/aromatic N) is 2. The monoisotopic (exact) mass is 466 g/mol. The van der Waals surface area contributed by atoms with Crippen LogP contribution in [0.3, 0.4) is 0 Å². The summed E-state index contributed by atoms with van der Waals surface area (Å²) in [7, 11) is 1.67. The summed E-state index contributed by atoms with van der Waals surface area (Å²) in [6, 6.07) is 3.68. The van der Waals surface area contributed by atoms with E-state index in [-0.39, 0.29) is 35.9 Å². The highest BCUT2D eigenvalue weighted by atomic mass is 127. The highest BCUT2D eigenvalue weighted by Gasteiger charge is 2.25. The summed E-state index contributed by atoms with van der Waals surface area (Å²) in [5.74, 6) is -0.351. The van der Waals surface area contributed by atoms with Crippen molar-refractivity contribution in [3.8, 4) is 0 Å². The molecular formula is C17H25F2IN4O. The minimum Gasteiger partial charge on any atom is -0.356 e. The zero-order chi connectivity index (χ0) is 17.5. The molecule has 1 aliphatic heterocycles.